The van der Waals surface area contributed by atoms with E-state index in [1.807, 2.05) is 6.07 Å². The van der Waals surface area contributed by atoms with Crippen LogP contribution in [0, 0.1) is 5.41 Å². The molecule has 0 saturated carbocycles. The number of aliphatic hydroxyl groups excluding tert-OH is 1. The minimum atomic E-state index is 0.0997. The smallest absolute Gasteiger partial charge is 0.217 e. The lowest BCUT2D eigenvalue weighted by Gasteiger charge is -2.53. The molecule has 0 aromatic carbocycles. The van der Waals surface area contributed by atoms with Crippen molar-refractivity contribution in [3.63, 3.8) is 0 Å². The van der Waals surface area contributed by atoms with Crippen molar-refractivity contribution in [3.05, 3.63) is 23.9 Å². The summed E-state index contributed by atoms with van der Waals surface area (Å²) >= 11 is 0. The van der Waals surface area contributed by atoms with Gasteiger partial charge in [0.2, 0.25) is 5.88 Å². The van der Waals surface area contributed by atoms with Crippen LogP contribution in [0.2, 0.25) is 0 Å². The van der Waals surface area contributed by atoms with Gasteiger partial charge in [-0.15, -0.1) is 0 Å². The molecule has 1 aromatic heterocycles. The maximum atomic E-state index is 9.98. The highest BCUT2D eigenvalue weighted by Crippen LogP contribution is 2.41. The first-order chi connectivity index (χ1) is 10.7. The summed E-state index contributed by atoms with van der Waals surface area (Å²) in [5.74, 6) is 0.721. The number of fused-ring (bicyclic) bond motifs is 1. The highest BCUT2D eigenvalue weighted by molar-refractivity contribution is 5.25. The quantitative estimate of drug-likeness (QED) is 0.910. The highest BCUT2D eigenvalue weighted by atomic mass is 16.5. The van der Waals surface area contributed by atoms with Gasteiger partial charge in [-0.3, -0.25) is 4.90 Å². The van der Waals surface area contributed by atoms with E-state index < -0.39 is 0 Å². The van der Waals surface area contributed by atoms with Gasteiger partial charge in [-0.2, -0.15) is 0 Å². The fraction of sp³-hybridized carbons (Fsp3) is 0.706. The zero-order valence-corrected chi connectivity index (χ0v) is 13.7. The second-order valence-electron chi connectivity index (χ2n) is 6.78. The van der Waals surface area contributed by atoms with E-state index in [4.69, 9.17) is 4.74 Å². The van der Waals surface area contributed by atoms with Crippen LogP contribution < -0.4 is 4.74 Å². The molecule has 0 spiro atoms. The summed E-state index contributed by atoms with van der Waals surface area (Å²) in [5.41, 5.74) is 1.24. The van der Waals surface area contributed by atoms with Crippen molar-refractivity contribution in [2.45, 2.75) is 31.8 Å². The monoisotopic (exact) mass is 305 g/mol. The Morgan fingerprint density at radius 1 is 1.41 bits per heavy atom. The average Bonchev–Trinajstić information content (AvgIpc) is 2.56. The Kier molecular flexibility index (Phi) is 4.66. The van der Waals surface area contributed by atoms with Crippen LogP contribution in [0.1, 0.15) is 24.8 Å². The molecule has 5 heteroatoms. The van der Waals surface area contributed by atoms with E-state index in [1.165, 1.54) is 6.42 Å². The number of hydrogen-bond donors (Lipinski definition) is 1. The molecule has 0 aliphatic carbocycles. The first-order valence-corrected chi connectivity index (χ1v) is 8.20. The SMILES string of the molecule is COc1ncccc1CN1CC[C@@]2(CO)CCCN(C)[C@@H]2C1. The van der Waals surface area contributed by atoms with Crippen LogP contribution in [-0.2, 0) is 6.54 Å². The highest BCUT2D eigenvalue weighted by Gasteiger charge is 2.46. The first kappa shape index (κ1) is 15.7. The van der Waals surface area contributed by atoms with Gasteiger partial charge in [-0.1, -0.05) is 6.07 Å². The summed E-state index contributed by atoms with van der Waals surface area (Å²) in [7, 11) is 3.87. The molecular weight excluding hydrogens is 278 g/mol. The van der Waals surface area contributed by atoms with Gasteiger partial charge < -0.3 is 14.7 Å². The number of methoxy groups -OCH3 is 1. The summed E-state index contributed by atoms with van der Waals surface area (Å²) in [5, 5.41) is 9.98. The van der Waals surface area contributed by atoms with Crippen LogP contribution in [0.5, 0.6) is 5.88 Å². The fourth-order valence-electron chi connectivity index (χ4n) is 4.19. The van der Waals surface area contributed by atoms with Crippen LogP contribution in [0.4, 0.5) is 0 Å². The van der Waals surface area contributed by atoms with Gasteiger partial charge in [0.05, 0.1) is 13.7 Å². The number of aliphatic hydroxyl groups is 1. The van der Waals surface area contributed by atoms with Gasteiger partial charge in [0.15, 0.2) is 0 Å². The van der Waals surface area contributed by atoms with Crippen LogP contribution in [0.25, 0.3) is 0 Å². The average molecular weight is 305 g/mol. The number of rotatable bonds is 4. The van der Waals surface area contributed by atoms with E-state index >= 15 is 0 Å². The van der Waals surface area contributed by atoms with Crippen molar-refractivity contribution < 1.29 is 9.84 Å². The molecule has 22 heavy (non-hydrogen) atoms. The molecule has 1 N–H and O–H groups in total. The topological polar surface area (TPSA) is 48.8 Å². The van der Waals surface area contributed by atoms with Crippen molar-refractivity contribution in [2.24, 2.45) is 5.41 Å². The van der Waals surface area contributed by atoms with E-state index in [9.17, 15) is 5.11 Å². The molecule has 122 valence electrons. The zero-order valence-electron chi connectivity index (χ0n) is 13.7. The molecule has 2 aliphatic rings. The minimum absolute atomic E-state index is 0.0997. The molecular formula is C17H27N3O2. The summed E-state index contributed by atoms with van der Waals surface area (Å²) in [4.78, 5) is 9.20. The van der Waals surface area contributed by atoms with Crippen molar-refractivity contribution >= 4 is 0 Å². The maximum absolute atomic E-state index is 9.98. The maximum Gasteiger partial charge on any atom is 0.217 e. The van der Waals surface area contributed by atoms with Crippen molar-refractivity contribution in [3.8, 4) is 5.88 Å². The third kappa shape index (κ3) is 2.85. The standard InChI is InChI=1S/C17H27N3O2/c1-19-9-4-6-17(13-21)7-10-20(12-15(17)19)11-14-5-3-8-18-16(14)22-2/h3,5,8,15,21H,4,6-7,9-13H2,1-2H3/t15-,17-/m1/s1. The number of likely N-dealkylation sites (tertiary alicyclic amines) is 2. The first-order valence-electron chi connectivity index (χ1n) is 8.20. The lowest BCUT2D eigenvalue weighted by Crippen LogP contribution is -2.61. The third-order valence-electron chi connectivity index (χ3n) is 5.53. The Balaban J connectivity index is 1.73. The van der Waals surface area contributed by atoms with Gasteiger partial charge in [0.1, 0.15) is 0 Å². The fourth-order valence-corrected chi connectivity index (χ4v) is 4.19. The van der Waals surface area contributed by atoms with E-state index in [2.05, 4.69) is 27.9 Å². The molecule has 3 rings (SSSR count). The van der Waals surface area contributed by atoms with Crippen molar-refractivity contribution in [1.82, 2.24) is 14.8 Å². The minimum Gasteiger partial charge on any atom is -0.481 e. The Bertz CT molecular complexity index is 510. The van der Waals surface area contributed by atoms with Gasteiger partial charge in [0, 0.05) is 36.3 Å². The zero-order chi connectivity index (χ0) is 15.6. The van der Waals surface area contributed by atoms with Gasteiger partial charge in [-0.05, 0) is 45.5 Å². The molecule has 0 unspecified atom stereocenters. The lowest BCUT2D eigenvalue weighted by atomic mass is 9.69. The molecule has 0 bridgehead atoms. The number of likely N-dealkylation sites (N-methyl/N-ethyl adjacent to an activating group) is 1. The Morgan fingerprint density at radius 2 is 2.27 bits per heavy atom. The number of pyridine rings is 1. The predicted molar refractivity (Wildman–Crippen MR) is 85.9 cm³/mol. The number of nitrogens with zero attached hydrogens (tertiary/aromatic N) is 3. The van der Waals surface area contributed by atoms with Gasteiger partial charge >= 0.3 is 0 Å². The molecule has 2 fully saturated rings. The van der Waals surface area contributed by atoms with Crippen LogP contribution in [0.15, 0.2) is 18.3 Å². The molecule has 0 amide bonds. The van der Waals surface area contributed by atoms with Gasteiger partial charge in [0.25, 0.3) is 0 Å². The normalized spacial score (nSPS) is 30.0. The summed E-state index contributed by atoms with van der Waals surface area (Å²) in [6.07, 6.45) is 5.19. The number of hydrogen-bond acceptors (Lipinski definition) is 5. The van der Waals surface area contributed by atoms with Crippen LogP contribution >= 0.6 is 0 Å². The number of ether oxygens (including phenoxy) is 1. The van der Waals surface area contributed by atoms with Crippen molar-refractivity contribution in [1.29, 1.82) is 0 Å². The van der Waals surface area contributed by atoms with Crippen LogP contribution in [-0.4, -0.2) is 66.3 Å². The second kappa shape index (κ2) is 6.52. The van der Waals surface area contributed by atoms with E-state index in [0.29, 0.717) is 12.6 Å². The second-order valence-corrected chi connectivity index (χ2v) is 6.78. The van der Waals surface area contributed by atoms with E-state index in [0.717, 1.165) is 50.5 Å². The predicted octanol–water partition coefficient (Wildman–Crippen LogP) is 1.37. The summed E-state index contributed by atoms with van der Waals surface area (Å²) in [6, 6.07) is 4.50. The molecule has 0 radical (unpaired) electrons. The van der Waals surface area contributed by atoms with Gasteiger partial charge in [-0.25, -0.2) is 4.98 Å². The summed E-state index contributed by atoms with van der Waals surface area (Å²) in [6.45, 7) is 4.35. The molecule has 2 aliphatic heterocycles. The third-order valence-corrected chi connectivity index (χ3v) is 5.53. The Morgan fingerprint density at radius 3 is 3.05 bits per heavy atom. The van der Waals surface area contributed by atoms with E-state index in [-0.39, 0.29) is 5.41 Å². The molecule has 3 heterocycles. The Hall–Kier alpha value is -1.17. The molecule has 2 atom stereocenters. The number of aromatic nitrogens is 1. The van der Waals surface area contributed by atoms with Crippen LogP contribution in [0.3, 0.4) is 0 Å². The summed E-state index contributed by atoms with van der Waals surface area (Å²) < 4.78 is 5.37. The lowest BCUT2D eigenvalue weighted by molar-refractivity contribution is -0.0685. The molecule has 2 saturated heterocycles. The Labute approximate surface area is 132 Å². The molecule has 5 nitrogen and oxygen atoms in total. The largest absolute Gasteiger partial charge is 0.481 e. The number of piperidine rings is 2. The van der Waals surface area contributed by atoms with Crippen molar-refractivity contribution in [2.75, 3.05) is 40.4 Å². The van der Waals surface area contributed by atoms with E-state index in [1.54, 1.807) is 13.3 Å². The molecule has 1 aromatic rings.